The summed E-state index contributed by atoms with van der Waals surface area (Å²) in [4.78, 5) is 11.9. The fraction of sp³-hybridized carbons (Fsp3) is 0.133. The molecule has 0 saturated carbocycles. The number of carbonyl (C=O) groups excluding carboxylic acids is 1. The standard InChI is InChI=1S/C15H12F3NO/c1-8-3-10(6-11(16)4-8)15(20)19-12-5-9(2)14(18)13(17)7-12/h3-7H,1-2H3,(H,19,20). The number of halogens is 3. The Kier molecular flexibility index (Phi) is 3.79. The molecule has 0 aromatic heterocycles. The number of rotatable bonds is 2. The molecule has 0 aliphatic carbocycles. The molecule has 0 spiro atoms. The van der Waals surface area contributed by atoms with Gasteiger partial charge in [-0.05, 0) is 49.2 Å². The predicted octanol–water partition coefficient (Wildman–Crippen LogP) is 3.97. The third-order valence-electron chi connectivity index (χ3n) is 2.77. The zero-order chi connectivity index (χ0) is 14.9. The molecular formula is C15H12F3NO. The number of anilines is 1. The maximum atomic E-state index is 13.2. The number of benzene rings is 2. The van der Waals surface area contributed by atoms with E-state index < -0.39 is 23.4 Å². The quantitative estimate of drug-likeness (QED) is 0.885. The Balaban J connectivity index is 2.28. The Morgan fingerprint density at radius 2 is 1.70 bits per heavy atom. The van der Waals surface area contributed by atoms with E-state index in [9.17, 15) is 18.0 Å². The van der Waals surface area contributed by atoms with Crippen molar-refractivity contribution < 1.29 is 18.0 Å². The van der Waals surface area contributed by atoms with Gasteiger partial charge in [-0.25, -0.2) is 13.2 Å². The van der Waals surface area contributed by atoms with Gasteiger partial charge in [-0.3, -0.25) is 4.79 Å². The summed E-state index contributed by atoms with van der Waals surface area (Å²) in [6.45, 7) is 3.04. The monoisotopic (exact) mass is 279 g/mol. The minimum absolute atomic E-state index is 0.0794. The van der Waals surface area contributed by atoms with Crippen LogP contribution in [0.5, 0.6) is 0 Å². The van der Waals surface area contributed by atoms with Gasteiger partial charge in [0, 0.05) is 17.3 Å². The van der Waals surface area contributed by atoms with E-state index in [1.165, 1.54) is 25.1 Å². The second kappa shape index (κ2) is 5.36. The molecule has 1 amide bonds. The van der Waals surface area contributed by atoms with Crippen molar-refractivity contribution in [1.29, 1.82) is 0 Å². The molecule has 0 aliphatic rings. The molecule has 0 unspecified atom stereocenters. The van der Waals surface area contributed by atoms with Gasteiger partial charge in [0.2, 0.25) is 0 Å². The van der Waals surface area contributed by atoms with Crippen LogP contribution < -0.4 is 5.32 Å². The molecule has 2 aromatic carbocycles. The lowest BCUT2D eigenvalue weighted by molar-refractivity contribution is 0.102. The number of carbonyl (C=O) groups is 1. The fourth-order valence-electron chi connectivity index (χ4n) is 1.87. The SMILES string of the molecule is Cc1cc(F)cc(C(=O)Nc2cc(C)c(F)c(F)c2)c1. The van der Waals surface area contributed by atoms with Crippen LogP contribution in [0.25, 0.3) is 0 Å². The summed E-state index contributed by atoms with van der Waals surface area (Å²) in [5.41, 5.74) is 0.908. The zero-order valence-electron chi connectivity index (χ0n) is 10.9. The van der Waals surface area contributed by atoms with Crippen molar-refractivity contribution in [2.75, 3.05) is 5.32 Å². The van der Waals surface area contributed by atoms with Gasteiger partial charge in [-0.1, -0.05) is 0 Å². The first kappa shape index (κ1) is 14.1. The lowest BCUT2D eigenvalue weighted by Gasteiger charge is -2.08. The first-order valence-electron chi connectivity index (χ1n) is 5.91. The summed E-state index contributed by atoms with van der Waals surface area (Å²) >= 11 is 0. The van der Waals surface area contributed by atoms with Gasteiger partial charge in [0.1, 0.15) is 5.82 Å². The van der Waals surface area contributed by atoms with Gasteiger partial charge in [-0.2, -0.15) is 0 Å². The Bertz CT molecular complexity index is 640. The van der Waals surface area contributed by atoms with Crippen molar-refractivity contribution in [3.63, 3.8) is 0 Å². The van der Waals surface area contributed by atoms with Gasteiger partial charge in [0.25, 0.3) is 5.91 Å². The Labute approximate surface area is 114 Å². The topological polar surface area (TPSA) is 29.1 Å². The average Bonchev–Trinajstić information content (AvgIpc) is 2.34. The van der Waals surface area contributed by atoms with E-state index in [2.05, 4.69) is 5.32 Å². The number of hydrogen-bond acceptors (Lipinski definition) is 1. The minimum Gasteiger partial charge on any atom is -0.322 e. The number of hydrogen-bond donors (Lipinski definition) is 1. The van der Waals surface area contributed by atoms with Crippen LogP contribution in [0.1, 0.15) is 21.5 Å². The molecule has 104 valence electrons. The van der Waals surface area contributed by atoms with Crippen molar-refractivity contribution in [2.45, 2.75) is 13.8 Å². The van der Waals surface area contributed by atoms with Crippen LogP contribution in [0.4, 0.5) is 18.9 Å². The van der Waals surface area contributed by atoms with E-state index in [-0.39, 0.29) is 16.8 Å². The van der Waals surface area contributed by atoms with Crippen molar-refractivity contribution in [3.05, 3.63) is 64.5 Å². The molecule has 5 heteroatoms. The fourth-order valence-corrected chi connectivity index (χ4v) is 1.87. The zero-order valence-corrected chi connectivity index (χ0v) is 10.9. The highest BCUT2D eigenvalue weighted by molar-refractivity contribution is 6.04. The first-order valence-corrected chi connectivity index (χ1v) is 5.91. The Morgan fingerprint density at radius 3 is 2.30 bits per heavy atom. The number of amides is 1. The summed E-state index contributed by atoms with van der Waals surface area (Å²) < 4.78 is 39.6. The van der Waals surface area contributed by atoms with Gasteiger partial charge in [-0.15, -0.1) is 0 Å². The molecule has 0 radical (unpaired) electrons. The third-order valence-corrected chi connectivity index (χ3v) is 2.77. The van der Waals surface area contributed by atoms with E-state index in [1.54, 1.807) is 6.92 Å². The lowest BCUT2D eigenvalue weighted by atomic mass is 10.1. The highest BCUT2D eigenvalue weighted by Crippen LogP contribution is 2.19. The normalized spacial score (nSPS) is 10.4. The molecule has 0 saturated heterocycles. The molecule has 0 fully saturated rings. The molecule has 1 N–H and O–H groups in total. The second-order valence-electron chi connectivity index (χ2n) is 4.56. The van der Waals surface area contributed by atoms with Gasteiger partial charge in [0.05, 0.1) is 0 Å². The van der Waals surface area contributed by atoms with Crippen molar-refractivity contribution in [3.8, 4) is 0 Å². The molecule has 2 rings (SSSR count). The predicted molar refractivity (Wildman–Crippen MR) is 70.2 cm³/mol. The largest absolute Gasteiger partial charge is 0.322 e. The summed E-state index contributed by atoms with van der Waals surface area (Å²) in [5.74, 6) is -3.12. The van der Waals surface area contributed by atoms with E-state index in [4.69, 9.17) is 0 Å². The maximum absolute atomic E-state index is 13.2. The van der Waals surface area contributed by atoms with E-state index in [0.717, 1.165) is 12.1 Å². The van der Waals surface area contributed by atoms with Crippen LogP contribution in [-0.2, 0) is 0 Å². The smallest absolute Gasteiger partial charge is 0.255 e. The number of aryl methyl sites for hydroxylation is 2. The number of nitrogens with one attached hydrogen (secondary N) is 1. The average molecular weight is 279 g/mol. The van der Waals surface area contributed by atoms with Crippen molar-refractivity contribution in [1.82, 2.24) is 0 Å². The summed E-state index contributed by atoms with van der Waals surface area (Å²) in [6, 6.07) is 6.06. The van der Waals surface area contributed by atoms with Gasteiger partial charge in [0.15, 0.2) is 11.6 Å². The molecule has 0 bridgehead atoms. The molecule has 20 heavy (non-hydrogen) atoms. The van der Waals surface area contributed by atoms with Gasteiger partial charge >= 0.3 is 0 Å². The molecule has 0 heterocycles. The van der Waals surface area contributed by atoms with Crippen LogP contribution in [-0.4, -0.2) is 5.91 Å². The van der Waals surface area contributed by atoms with Gasteiger partial charge < -0.3 is 5.32 Å². The van der Waals surface area contributed by atoms with E-state index in [1.807, 2.05) is 0 Å². The van der Waals surface area contributed by atoms with Crippen LogP contribution in [0.3, 0.4) is 0 Å². The lowest BCUT2D eigenvalue weighted by Crippen LogP contribution is -2.13. The maximum Gasteiger partial charge on any atom is 0.255 e. The van der Waals surface area contributed by atoms with E-state index in [0.29, 0.717) is 5.56 Å². The van der Waals surface area contributed by atoms with Crippen LogP contribution in [0, 0.1) is 31.3 Å². The molecule has 0 atom stereocenters. The highest BCUT2D eigenvalue weighted by Gasteiger charge is 2.12. The third kappa shape index (κ3) is 2.99. The Morgan fingerprint density at radius 1 is 1.00 bits per heavy atom. The van der Waals surface area contributed by atoms with Crippen molar-refractivity contribution >= 4 is 11.6 Å². The molecule has 2 aromatic rings. The summed E-state index contributed by atoms with van der Waals surface area (Å²) in [6.07, 6.45) is 0. The summed E-state index contributed by atoms with van der Waals surface area (Å²) in [7, 11) is 0. The first-order chi connectivity index (χ1) is 9.36. The van der Waals surface area contributed by atoms with Crippen LogP contribution >= 0.6 is 0 Å². The summed E-state index contributed by atoms with van der Waals surface area (Å²) in [5, 5.41) is 2.41. The van der Waals surface area contributed by atoms with Crippen LogP contribution in [0.2, 0.25) is 0 Å². The Hall–Kier alpha value is -2.30. The second-order valence-corrected chi connectivity index (χ2v) is 4.56. The molecular weight excluding hydrogens is 267 g/mol. The highest BCUT2D eigenvalue weighted by atomic mass is 19.2. The molecule has 0 aliphatic heterocycles. The van der Waals surface area contributed by atoms with E-state index >= 15 is 0 Å². The van der Waals surface area contributed by atoms with Crippen LogP contribution in [0.15, 0.2) is 30.3 Å². The minimum atomic E-state index is -1.05. The molecule has 2 nitrogen and oxygen atoms in total. The van der Waals surface area contributed by atoms with Crippen molar-refractivity contribution in [2.24, 2.45) is 0 Å².